The molecule has 0 aliphatic rings. The summed E-state index contributed by atoms with van der Waals surface area (Å²) in [5.74, 6) is 1.65. The number of hydrogen-bond donors (Lipinski definition) is 1. The molecule has 0 saturated heterocycles. The highest BCUT2D eigenvalue weighted by molar-refractivity contribution is 7.79. The fourth-order valence-corrected chi connectivity index (χ4v) is 2.99. The Morgan fingerprint density at radius 2 is 1.71 bits per heavy atom. The standard InChI is InChI=1S/C22H22OS/c1-2-5-20-11-9-18(16-24)15-22(20)23-13-12-17-8-10-19-6-3-4-7-21(19)14-17/h2-11,14-15,24H,12-13,16H2,1H3/b5-2+. The topological polar surface area (TPSA) is 9.23 Å². The van der Waals surface area contributed by atoms with E-state index in [1.54, 1.807) is 0 Å². The predicted molar refractivity (Wildman–Crippen MR) is 107 cm³/mol. The zero-order valence-corrected chi connectivity index (χ0v) is 14.8. The van der Waals surface area contributed by atoms with E-state index in [1.807, 2.05) is 13.0 Å². The predicted octanol–water partition coefficient (Wildman–Crippen LogP) is 5.92. The molecule has 0 unspecified atom stereocenters. The van der Waals surface area contributed by atoms with Crippen LogP contribution in [0.15, 0.2) is 66.7 Å². The summed E-state index contributed by atoms with van der Waals surface area (Å²) >= 11 is 4.35. The molecule has 0 atom stereocenters. The minimum absolute atomic E-state index is 0.666. The molecule has 0 aromatic heterocycles. The number of ether oxygens (including phenoxy) is 1. The molecule has 122 valence electrons. The Morgan fingerprint density at radius 3 is 2.50 bits per heavy atom. The third-order valence-corrected chi connectivity index (χ3v) is 4.43. The average Bonchev–Trinajstić information content (AvgIpc) is 2.63. The Morgan fingerprint density at radius 1 is 0.917 bits per heavy atom. The Balaban J connectivity index is 1.70. The molecule has 0 spiro atoms. The van der Waals surface area contributed by atoms with Crippen molar-refractivity contribution in [1.29, 1.82) is 0 Å². The summed E-state index contributed by atoms with van der Waals surface area (Å²) in [6.45, 7) is 2.68. The van der Waals surface area contributed by atoms with Gasteiger partial charge in [0.15, 0.2) is 0 Å². The van der Waals surface area contributed by atoms with E-state index >= 15 is 0 Å². The summed E-state index contributed by atoms with van der Waals surface area (Å²) in [5.41, 5.74) is 3.58. The van der Waals surface area contributed by atoms with E-state index in [4.69, 9.17) is 4.74 Å². The average molecular weight is 334 g/mol. The smallest absolute Gasteiger partial charge is 0.126 e. The van der Waals surface area contributed by atoms with Gasteiger partial charge in [0, 0.05) is 17.7 Å². The van der Waals surface area contributed by atoms with Crippen LogP contribution in [-0.2, 0) is 12.2 Å². The van der Waals surface area contributed by atoms with E-state index < -0.39 is 0 Å². The number of thiol groups is 1. The fourth-order valence-electron chi connectivity index (χ4n) is 2.79. The molecule has 0 aliphatic carbocycles. The Labute approximate surface area is 149 Å². The van der Waals surface area contributed by atoms with Gasteiger partial charge in [-0.05, 0) is 34.9 Å². The maximum absolute atomic E-state index is 6.06. The molecule has 1 nitrogen and oxygen atoms in total. The highest BCUT2D eigenvalue weighted by Crippen LogP contribution is 2.23. The van der Waals surface area contributed by atoms with E-state index in [2.05, 4.69) is 79.4 Å². The molecular formula is C22H22OS. The summed E-state index contributed by atoms with van der Waals surface area (Å²) in [4.78, 5) is 0. The Hall–Kier alpha value is -2.19. The van der Waals surface area contributed by atoms with Gasteiger partial charge in [-0.25, -0.2) is 0 Å². The molecule has 0 amide bonds. The second-order valence-electron chi connectivity index (χ2n) is 5.81. The molecule has 3 aromatic carbocycles. The summed E-state index contributed by atoms with van der Waals surface area (Å²) in [7, 11) is 0. The van der Waals surface area contributed by atoms with Crippen molar-refractivity contribution < 1.29 is 4.74 Å². The molecule has 3 aromatic rings. The monoisotopic (exact) mass is 334 g/mol. The molecule has 0 fully saturated rings. The highest BCUT2D eigenvalue weighted by Gasteiger charge is 2.04. The molecule has 24 heavy (non-hydrogen) atoms. The van der Waals surface area contributed by atoms with E-state index in [9.17, 15) is 0 Å². The molecule has 0 N–H and O–H groups in total. The first-order chi connectivity index (χ1) is 11.8. The first-order valence-electron chi connectivity index (χ1n) is 8.27. The summed E-state index contributed by atoms with van der Waals surface area (Å²) in [5, 5.41) is 2.56. The van der Waals surface area contributed by atoms with Gasteiger partial charge in [0.05, 0.1) is 6.61 Å². The van der Waals surface area contributed by atoms with Crippen LogP contribution in [0.4, 0.5) is 0 Å². The lowest BCUT2D eigenvalue weighted by Crippen LogP contribution is -2.03. The van der Waals surface area contributed by atoms with E-state index in [1.165, 1.54) is 21.9 Å². The second kappa shape index (κ2) is 8.07. The number of fused-ring (bicyclic) bond motifs is 1. The minimum atomic E-state index is 0.666. The maximum atomic E-state index is 6.06. The van der Waals surface area contributed by atoms with Crippen molar-refractivity contribution in [3.63, 3.8) is 0 Å². The van der Waals surface area contributed by atoms with Gasteiger partial charge in [0.1, 0.15) is 5.75 Å². The van der Waals surface area contributed by atoms with Gasteiger partial charge in [0.2, 0.25) is 0 Å². The van der Waals surface area contributed by atoms with Crippen LogP contribution in [0, 0.1) is 0 Å². The van der Waals surface area contributed by atoms with Crippen LogP contribution < -0.4 is 4.74 Å². The maximum Gasteiger partial charge on any atom is 0.126 e. The molecule has 0 bridgehead atoms. The van der Waals surface area contributed by atoms with E-state index in [0.29, 0.717) is 6.61 Å². The SMILES string of the molecule is C/C=C/c1ccc(CS)cc1OCCc1ccc2ccccc2c1. The van der Waals surface area contributed by atoms with Crippen molar-refractivity contribution in [2.75, 3.05) is 6.61 Å². The van der Waals surface area contributed by atoms with Crippen LogP contribution in [-0.4, -0.2) is 6.61 Å². The van der Waals surface area contributed by atoms with Gasteiger partial charge in [-0.3, -0.25) is 0 Å². The van der Waals surface area contributed by atoms with Gasteiger partial charge < -0.3 is 4.74 Å². The molecule has 3 rings (SSSR count). The first-order valence-corrected chi connectivity index (χ1v) is 8.90. The van der Waals surface area contributed by atoms with E-state index in [-0.39, 0.29) is 0 Å². The summed E-state index contributed by atoms with van der Waals surface area (Å²) in [6, 6.07) is 21.3. The first kappa shape index (κ1) is 16.7. The lowest BCUT2D eigenvalue weighted by Gasteiger charge is -2.11. The second-order valence-corrected chi connectivity index (χ2v) is 6.13. The number of allylic oxidation sites excluding steroid dienone is 1. The number of hydrogen-bond acceptors (Lipinski definition) is 2. The van der Waals surface area contributed by atoms with Crippen molar-refractivity contribution in [2.24, 2.45) is 0 Å². The molecule has 2 heteroatoms. The Kier molecular flexibility index (Phi) is 5.60. The molecule has 0 saturated carbocycles. The molecular weight excluding hydrogens is 312 g/mol. The largest absolute Gasteiger partial charge is 0.493 e. The van der Waals surface area contributed by atoms with E-state index in [0.717, 1.165) is 23.5 Å². The van der Waals surface area contributed by atoms with Crippen molar-refractivity contribution in [2.45, 2.75) is 19.1 Å². The lowest BCUT2D eigenvalue weighted by molar-refractivity contribution is 0.321. The molecule has 0 radical (unpaired) electrons. The Bertz CT molecular complexity index is 851. The van der Waals surface area contributed by atoms with Crippen LogP contribution in [0.5, 0.6) is 5.75 Å². The molecule has 0 aliphatic heterocycles. The summed E-state index contributed by atoms with van der Waals surface area (Å²) in [6.07, 6.45) is 5.00. The fraction of sp³-hybridized carbons (Fsp3) is 0.182. The van der Waals surface area contributed by atoms with Crippen LogP contribution >= 0.6 is 12.6 Å². The van der Waals surface area contributed by atoms with Crippen LogP contribution in [0.1, 0.15) is 23.6 Å². The zero-order valence-electron chi connectivity index (χ0n) is 13.9. The molecule has 0 heterocycles. The van der Waals surface area contributed by atoms with Gasteiger partial charge in [-0.15, -0.1) is 0 Å². The van der Waals surface area contributed by atoms with Crippen molar-refractivity contribution in [3.05, 3.63) is 83.4 Å². The minimum Gasteiger partial charge on any atom is -0.493 e. The quantitative estimate of drug-likeness (QED) is 0.550. The zero-order chi connectivity index (χ0) is 16.8. The lowest BCUT2D eigenvalue weighted by atomic mass is 10.1. The number of benzene rings is 3. The van der Waals surface area contributed by atoms with Crippen LogP contribution in [0.25, 0.3) is 16.8 Å². The van der Waals surface area contributed by atoms with Gasteiger partial charge in [-0.1, -0.05) is 66.7 Å². The third-order valence-electron chi connectivity index (χ3n) is 4.07. The van der Waals surface area contributed by atoms with Crippen molar-refractivity contribution >= 4 is 29.5 Å². The van der Waals surface area contributed by atoms with Crippen molar-refractivity contribution in [1.82, 2.24) is 0 Å². The normalized spacial score (nSPS) is 11.2. The van der Waals surface area contributed by atoms with Crippen molar-refractivity contribution in [3.8, 4) is 5.75 Å². The van der Waals surface area contributed by atoms with Gasteiger partial charge >= 0.3 is 0 Å². The number of rotatable bonds is 6. The highest BCUT2D eigenvalue weighted by atomic mass is 32.1. The van der Waals surface area contributed by atoms with Gasteiger partial charge in [-0.2, -0.15) is 12.6 Å². The van der Waals surface area contributed by atoms with Crippen LogP contribution in [0.2, 0.25) is 0 Å². The third kappa shape index (κ3) is 4.01. The van der Waals surface area contributed by atoms with Gasteiger partial charge in [0.25, 0.3) is 0 Å². The summed E-state index contributed by atoms with van der Waals surface area (Å²) < 4.78 is 6.06. The van der Waals surface area contributed by atoms with Crippen LogP contribution in [0.3, 0.4) is 0 Å².